The van der Waals surface area contributed by atoms with Crippen molar-refractivity contribution in [2.24, 2.45) is 0 Å². The van der Waals surface area contributed by atoms with Gasteiger partial charge in [0.2, 0.25) is 0 Å². The summed E-state index contributed by atoms with van der Waals surface area (Å²) in [5.41, 5.74) is 0.238. The van der Waals surface area contributed by atoms with Gasteiger partial charge in [0.1, 0.15) is 12.1 Å². The van der Waals surface area contributed by atoms with Crippen molar-refractivity contribution in [1.29, 1.82) is 10.5 Å². The van der Waals surface area contributed by atoms with Crippen molar-refractivity contribution in [2.45, 2.75) is 6.42 Å². The van der Waals surface area contributed by atoms with Crippen molar-refractivity contribution in [1.82, 2.24) is 4.90 Å². The quantitative estimate of drug-likeness (QED) is 0.526. The molecule has 1 fully saturated rings. The van der Waals surface area contributed by atoms with Gasteiger partial charge in [-0.05, 0) is 6.42 Å². The fourth-order valence-corrected chi connectivity index (χ4v) is 2.08. The first-order valence-electron chi connectivity index (χ1n) is 3.68. The molecule has 1 rings (SSSR count). The van der Waals surface area contributed by atoms with Gasteiger partial charge in [-0.25, -0.2) is 0 Å². The highest BCUT2D eigenvalue weighted by Crippen LogP contribution is 2.27. The fourth-order valence-electron chi connectivity index (χ4n) is 1.07. The van der Waals surface area contributed by atoms with Crippen LogP contribution in [0, 0.1) is 22.7 Å². The van der Waals surface area contributed by atoms with Crippen LogP contribution in [-0.2, 0) is 0 Å². The molecule has 1 aliphatic rings. The lowest BCUT2D eigenvalue weighted by Crippen LogP contribution is -2.23. The number of nitriles is 2. The second-order valence-electron chi connectivity index (χ2n) is 2.53. The van der Waals surface area contributed by atoms with E-state index >= 15 is 0 Å². The maximum atomic E-state index is 8.63. The summed E-state index contributed by atoms with van der Waals surface area (Å²) in [5, 5.41) is 18.1. The first-order valence-corrected chi connectivity index (χ1v) is 4.66. The molecule has 1 heterocycles. The maximum absolute atomic E-state index is 8.63. The van der Waals surface area contributed by atoms with E-state index in [4.69, 9.17) is 10.5 Å². The van der Waals surface area contributed by atoms with Crippen molar-refractivity contribution < 1.29 is 0 Å². The molecule has 0 unspecified atom stereocenters. The van der Waals surface area contributed by atoms with E-state index in [1.54, 1.807) is 11.8 Å². The van der Waals surface area contributed by atoms with Crippen LogP contribution in [0.4, 0.5) is 0 Å². The fraction of sp³-hybridized carbons (Fsp3) is 0.500. The SMILES string of the molecule is CN1CCCSC1=C(C#N)C#N. The molecule has 0 amide bonds. The van der Waals surface area contributed by atoms with E-state index in [2.05, 4.69) is 0 Å². The Morgan fingerprint density at radius 1 is 1.50 bits per heavy atom. The number of hydrogen-bond acceptors (Lipinski definition) is 4. The highest BCUT2D eigenvalue weighted by Gasteiger charge is 2.15. The van der Waals surface area contributed by atoms with Crippen molar-refractivity contribution in [3.05, 3.63) is 10.6 Å². The van der Waals surface area contributed by atoms with Gasteiger partial charge in [0.25, 0.3) is 0 Å². The molecule has 0 aromatic heterocycles. The summed E-state index contributed by atoms with van der Waals surface area (Å²) in [6.45, 7) is 0.940. The van der Waals surface area contributed by atoms with E-state index in [0.717, 1.165) is 23.7 Å². The molecule has 1 aliphatic heterocycles. The predicted molar refractivity (Wildman–Crippen MR) is 48.0 cm³/mol. The zero-order valence-corrected chi connectivity index (χ0v) is 7.69. The Morgan fingerprint density at radius 3 is 2.67 bits per heavy atom. The molecule has 0 atom stereocenters. The minimum absolute atomic E-state index is 0.238. The third-order valence-electron chi connectivity index (χ3n) is 1.66. The van der Waals surface area contributed by atoms with Crippen LogP contribution in [0.15, 0.2) is 10.6 Å². The van der Waals surface area contributed by atoms with E-state index in [-0.39, 0.29) is 5.57 Å². The largest absolute Gasteiger partial charge is 0.368 e. The number of hydrogen-bond donors (Lipinski definition) is 0. The monoisotopic (exact) mass is 179 g/mol. The maximum Gasteiger partial charge on any atom is 0.159 e. The smallest absolute Gasteiger partial charge is 0.159 e. The van der Waals surface area contributed by atoms with Crippen LogP contribution in [0.2, 0.25) is 0 Å². The average Bonchev–Trinajstić information content (AvgIpc) is 2.10. The summed E-state index contributed by atoms with van der Waals surface area (Å²) in [4.78, 5) is 1.97. The summed E-state index contributed by atoms with van der Waals surface area (Å²) < 4.78 is 0. The number of rotatable bonds is 0. The second-order valence-corrected chi connectivity index (χ2v) is 3.61. The Balaban J connectivity index is 2.92. The third kappa shape index (κ3) is 1.72. The van der Waals surface area contributed by atoms with Crippen LogP contribution < -0.4 is 0 Å². The van der Waals surface area contributed by atoms with Crippen molar-refractivity contribution >= 4 is 11.8 Å². The minimum Gasteiger partial charge on any atom is -0.368 e. The second kappa shape index (κ2) is 4.04. The number of allylic oxidation sites excluding steroid dienone is 1. The van der Waals surface area contributed by atoms with E-state index in [1.807, 2.05) is 24.1 Å². The van der Waals surface area contributed by atoms with Gasteiger partial charge in [-0.15, -0.1) is 11.8 Å². The molecule has 1 saturated heterocycles. The number of nitrogens with zero attached hydrogens (tertiary/aromatic N) is 3. The topological polar surface area (TPSA) is 50.8 Å². The molecular formula is C8H9N3S. The molecule has 62 valence electrons. The van der Waals surface area contributed by atoms with E-state index in [1.165, 1.54) is 0 Å². The summed E-state index contributed by atoms with van der Waals surface area (Å²) >= 11 is 1.59. The molecule has 0 aromatic rings. The van der Waals surface area contributed by atoms with Gasteiger partial charge in [0.05, 0.1) is 5.03 Å². The van der Waals surface area contributed by atoms with Crippen LogP contribution in [0.1, 0.15) is 6.42 Å². The van der Waals surface area contributed by atoms with E-state index in [9.17, 15) is 0 Å². The Morgan fingerprint density at radius 2 is 2.17 bits per heavy atom. The molecule has 0 bridgehead atoms. The minimum atomic E-state index is 0.238. The third-order valence-corrected chi connectivity index (χ3v) is 2.94. The molecule has 0 aliphatic carbocycles. The first kappa shape index (κ1) is 8.96. The molecule has 0 radical (unpaired) electrons. The molecule has 0 spiro atoms. The molecule has 12 heavy (non-hydrogen) atoms. The molecular weight excluding hydrogens is 170 g/mol. The standard InChI is InChI=1S/C8H9N3S/c1-11-3-2-4-12-8(11)7(5-9)6-10/h2-4H2,1H3. The number of thioether (sulfide) groups is 1. The molecule has 3 nitrogen and oxygen atoms in total. The van der Waals surface area contributed by atoms with Crippen molar-refractivity contribution in [3.63, 3.8) is 0 Å². The normalized spacial score (nSPS) is 16.6. The summed E-state index contributed by atoms with van der Waals surface area (Å²) in [5.74, 6) is 1.01. The Labute approximate surface area is 76.3 Å². The average molecular weight is 179 g/mol. The Hall–Kier alpha value is -1.13. The van der Waals surface area contributed by atoms with Crippen LogP contribution in [0.3, 0.4) is 0 Å². The molecule has 4 heteroatoms. The molecule has 0 aromatic carbocycles. The van der Waals surface area contributed by atoms with Gasteiger partial charge in [-0.3, -0.25) is 0 Å². The first-order chi connectivity index (χ1) is 5.79. The van der Waals surface area contributed by atoms with Crippen LogP contribution in [-0.4, -0.2) is 24.2 Å². The lowest BCUT2D eigenvalue weighted by molar-refractivity contribution is 0.435. The lowest BCUT2D eigenvalue weighted by Gasteiger charge is -2.26. The Bertz CT molecular complexity index is 266. The molecule has 0 saturated carbocycles. The summed E-state index contributed by atoms with van der Waals surface area (Å²) in [6, 6.07) is 3.82. The predicted octanol–water partition coefficient (Wildman–Crippen LogP) is 1.31. The summed E-state index contributed by atoms with van der Waals surface area (Å²) in [7, 11) is 1.91. The van der Waals surface area contributed by atoms with Crippen molar-refractivity contribution in [3.8, 4) is 12.1 Å². The summed E-state index contributed by atoms with van der Waals surface area (Å²) in [6.07, 6.45) is 1.12. The van der Waals surface area contributed by atoms with E-state index < -0.39 is 0 Å². The van der Waals surface area contributed by atoms with Gasteiger partial charge in [0.15, 0.2) is 5.57 Å². The van der Waals surface area contributed by atoms with Gasteiger partial charge in [0, 0.05) is 19.3 Å². The zero-order chi connectivity index (χ0) is 8.97. The van der Waals surface area contributed by atoms with Crippen LogP contribution in [0.5, 0.6) is 0 Å². The van der Waals surface area contributed by atoms with Crippen LogP contribution in [0.25, 0.3) is 0 Å². The van der Waals surface area contributed by atoms with Gasteiger partial charge < -0.3 is 4.90 Å². The zero-order valence-electron chi connectivity index (χ0n) is 6.87. The highest BCUT2D eigenvalue weighted by molar-refractivity contribution is 8.03. The van der Waals surface area contributed by atoms with Crippen molar-refractivity contribution in [2.75, 3.05) is 19.3 Å². The van der Waals surface area contributed by atoms with Gasteiger partial charge >= 0.3 is 0 Å². The van der Waals surface area contributed by atoms with E-state index in [0.29, 0.717) is 0 Å². The lowest BCUT2D eigenvalue weighted by atomic mass is 10.3. The van der Waals surface area contributed by atoms with Gasteiger partial charge in [-0.1, -0.05) is 0 Å². The Kier molecular flexibility index (Phi) is 3.01. The van der Waals surface area contributed by atoms with Gasteiger partial charge in [-0.2, -0.15) is 10.5 Å². The van der Waals surface area contributed by atoms with Crippen LogP contribution >= 0.6 is 11.8 Å². The highest BCUT2D eigenvalue weighted by atomic mass is 32.2. The molecule has 0 N–H and O–H groups in total.